The summed E-state index contributed by atoms with van der Waals surface area (Å²) in [6.45, 7) is 6.04. The number of nitrogens with one attached hydrogen (secondary N) is 1. The number of aryl methyl sites for hydroxylation is 1. The Bertz CT molecular complexity index is 550. The van der Waals surface area contributed by atoms with E-state index in [1.807, 2.05) is 32.0 Å². The number of piperidine rings is 1. The zero-order chi connectivity index (χ0) is 17.6. The molecule has 0 aliphatic carbocycles. The van der Waals surface area contributed by atoms with Gasteiger partial charge in [0.2, 0.25) is 0 Å². The van der Waals surface area contributed by atoms with Gasteiger partial charge in [-0.2, -0.15) is 0 Å². The minimum atomic E-state index is -0.406. The number of benzene rings is 1. The van der Waals surface area contributed by atoms with E-state index in [-0.39, 0.29) is 5.97 Å². The zero-order valence-corrected chi connectivity index (χ0v) is 15.2. The zero-order valence-electron chi connectivity index (χ0n) is 15.2. The van der Waals surface area contributed by atoms with Crippen molar-refractivity contribution >= 4 is 5.97 Å². The third-order valence-corrected chi connectivity index (χ3v) is 4.76. The van der Waals surface area contributed by atoms with Crippen molar-refractivity contribution in [3.63, 3.8) is 0 Å². The fraction of sp³-hybridized carbons (Fsp3) is 0.632. The molecule has 2 rings (SSSR count). The van der Waals surface area contributed by atoms with Gasteiger partial charge < -0.3 is 19.5 Å². The Labute approximate surface area is 144 Å². The number of ether oxygens (including phenoxy) is 3. The van der Waals surface area contributed by atoms with Crippen molar-refractivity contribution in [1.82, 2.24) is 5.32 Å². The third kappa shape index (κ3) is 4.87. The molecule has 0 unspecified atom stereocenters. The molecular weight excluding hydrogens is 306 g/mol. The Kier molecular flexibility index (Phi) is 6.49. The summed E-state index contributed by atoms with van der Waals surface area (Å²) < 4.78 is 16.3. The number of hydrogen-bond donors (Lipinski definition) is 1. The molecule has 1 fully saturated rings. The molecule has 24 heavy (non-hydrogen) atoms. The number of methoxy groups -OCH3 is 2. The number of hydrogen-bond acceptors (Lipinski definition) is 5. The second kappa shape index (κ2) is 8.38. The van der Waals surface area contributed by atoms with Gasteiger partial charge in [-0.3, -0.25) is 4.79 Å². The van der Waals surface area contributed by atoms with Crippen molar-refractivity contribution in [3.8, 4) is 11.5 Å². The first-order valence-corrected chi connectivity index (χ1v) is 8.59. The lowest BCUT2D eigenvalue weighted by molar-refractivity contribution is -0.162. The van der Waals surface area contributed by atoms with E-state index >= 15 is 0 Å². The van der Waals surface area contributed by atoms with Gasteiger partial charge in [-0.05, 0) is 63.9 Å². The molecule has 5 heteroatoms. The molecule has 5 nitrogen and oxygen atoms in total. The number of rotatable bonds is 7. The van der Waals surface area contributed by atoms with Crippen LogP contribution in [0.1, 0.15) is 38.7 Å². The predicted octanol–water partition coefficient (Wildman–Crippen LogP) is 2.96. The van der Waals surface area contributed by atoms with E-state index in [1.165, 1.54) is 0 Å². The minimum Gasteiger partial charge on any atom is -0.493 e. The molecule has 0 aromatic heterocycles. The molecule has 134 valence electrons. The molecule has 1 aromatic carbocycles. The van der Waals surface area contributed by atoms with Crippen molar-refractivity contribution in [3.05, 3.63) is 23.8 Å². The minimum absolute atomic E-state index is 0.145. The van der Waals surface area contributed by atoms with Crippen molar-refractivity contribution in [2.45, 2.75) is 45.1 Å². The fourth-order valence-electron chi connectivity index (χ4n) is 3.23. The Morgan fingerprint density at radius 1 is 1.17 bits per heavy atom. The van der Waals surface area contributed by atoms with Gasteiger partial charge in [0.15, 0.2) is 11.5 Å². The van der Waals surface area contributed by atoms with Gasteiger partial charge in [0, 0.05) is 12.3 Å². The number of carbonyl (C=O) groups excluding carboxylic acids is 1. The van der Waals surface area contributed by atoms with Gasteiger partial charge >= 0.3 is 5.97 Å². The maximum absolute atomic E-state index is 12.3. The highest BCUT2D eigenvalue weighted by Gasteiger charge is 2.33. The van der Waals surface area contributed by atoms with E-state index in [0.717, 1.165) is 31.5 Å². The summed E-state index contributed by atoms with van der Waals surface area (Å²) in [6, 6.07) is 5.72. The van der Waals surface area contributed by atoms with E-state index in [9.17, 15) is 4.79 Å². The van der Waals surface area contributed by atoms with Crippen LogP contribution in [0.5, 0.6) is 11.5 Å². The predicted molar refractivity (Wildman–Crippen MR) is 93.6 cm³/mol. The van der Waals surface area contributed by atoms with Crippen LogP contribution in [0.4, 0.5) is 0 Å². The SMILES string of the molecule is COc1ccc(CCC(=O)OC(C)(C)C2CCNCC2)cc1OC. The Morgan fingerprint density at radius 2 is 1.83 bits per heavy atom. The summed E-state index contributed by atoms with van der Waals surface area (Å²) in [5.41, 5.74) is 0.626. The van der Waals surface area contributed by atoms with Crippen LogP contribution < -0.4 is 14.8 Å². The van der Waals surface area contributed by atoms with Gasteiger partial charge in [0.05, 0.1) is 14.2 Å². The first-order valence-electron chi connectivity index (χ1n) is 8.59. The molecule has 0 bridgehead atoms. The second-order valence-electron chi connectivity index (χ2n) is 6.79. The highest BCUT2D eigenvalue weighted by atomic mass is 16.6. The number of esters is 1. The summed E-state index contributed by atoms with van der Waals surface area (Å²) >= 11 is 0. The average molecular weight is 335 g/mol. The lowest BCUT2D eigenvalue weighted by Crippen LogP contribution is -2.42. The molecule has 1 N–H and O–H groups in total. The molecule has 0 spiro atoms. The quantitative estimate of drug-likeness (QED) is 0.777. The smallest absolute Gasteiger partial charge is 0.306 e. The van der Waals surface area contributed by atoms with E-state index < -0.39 is 5.60 Å². The van der Waals surface area contributed by atoms with Gasteiger partial charge in [0.25, 0.3) is 0 Å². The molecule has 0 atom stereocenters. The molecule has 1 aliphatic rings. The molecule has 1 aromatic rings. The van der Waals surface area contributed by atoms with Crippen molar-refractivity contribution in [1.29, 1.82) is 0 Å². The topological polar surface area (TPSA) is 56.8 Å². The highest BCUT2D eigenvalue weighted by Crippen LogP contribution is 2.30. The van der Waals surface area contributed by atoms with Crippen LogP contribution in [0.3, 0.4) is 0 Å². The van der Waals surface area contributed by atoms with E-state index in [2.05, 4.69) is 5.32 Å². The van der Waals surface area contributed by atoms with Crippen LogP contribution in [0.2, 0.25) is 0 Å². The molecule has 0 radical (unpaired) electrons. The molecule has 1 heterocycles. The maximum atomic E-state index is 12.3. The second-order valence-corrected chi connectivity index (χ2v) is 6.79. The first-order chi connectivity index (χ1) is 11.5. The fourth-order valence-corrected chi connectivity index (χ4v) is 3.23. The molecule has 0 amide bonds. The van der Waals surface area contributed by atoms with Crippen molar-refractivity contribution < 1.29 is 19.0 Å². The molecule has 1 saturated heterocycles. The number of carbonyl (C=O) groups is 1. The van der Waals surface area contributed by atoms with Gasteiger partial charge in [-0.15, -0.1) is 0 Å². The van der Waals surface area contributed by atoms with Gasteiger partial charge in [-0.25, -0.2) is 0 Å². The highest BCUT2D eigenvalue weighted by molar-refractivity contribution is 5.70. The van der Waals surface area contributed by atoms with E-state index in [0.29, 0.717) is 30.3 Å². The van der Waals surface area contributed by atoms with Crippen LogP contribution in [-0.2, 0) is 16.0 Å². The molecule has 1 aliphatic heterocycles. The summed E-state index contributed by atoms with van der Waals surface area (Å²) in [5, 5.41) is 3.34. The van der Waals surface area contributed by atoms with E-state index in [4.69, 9.17) is 14.2 Å². The summed E-state index contributed by atoms with van der Waals surface area (Å²) in [5.74, 6) is 1.64. The Morgan fingerprint density at radius 3 is 2.46 bits per heavy atom. The van der Waals surface area contributed by atoms with Crippen molar-refractivity contribution in [2.24, 2.45) is 5.92 Å². The maximum Gasteiger partial charge on any atom is 0.306 e. The summed E-state index contributed by atoms with van der Waals surface area (Å²) in [6.07, 6.45) is 3.09. The van der Waals surface area contributed by atoms with Crippen LogP contribution >= 0.6 is 0 Å². The van der Waals surface area contributed by atoms with Crippen LogP contribution in [0.25, 0.3) is 0 Å². The Balaban J connectivity index is 1.88. The van der Waals surface area contributed by atoms with Gasteiger partial charge in [-0.1, -0.05) is 6.07 Å². The van der Waals surface area contributed by atoms with Crippen LogP contribution in [-0.4, -0.2) is 38.9 Å². The third-order valence-electron chi connectivity index (χ3n) is 4.76. The summed E-state index contributed by atoms with van der Waals surface area (Å²) in [7, 11) is 3.22. The molecular formula is C19H29NO4. The van der Waals surface area contributed by atoms with Crippen molar-refractivity contribution in [2.75, 3.05) is 27.3 Å². The van der Waals surface area contributed by atoms with Gasteiger partial charge in [0.1, 0.15) is 5.60 Å². The Hall–Kier alpha value is -1.75. The van der Waals surface area contributed by atoms with E-state index in [1.54, 1.807) is 14.2 Å². The van der Waals surface area contributed by atoms with Crippen LogP contribution in [0.15, 0.2) is 18.2 Å². The standard InChI is InChI=1S/C19H29NO4/c1-19(2,15-9-11-20-12-10-15)24-18(21)8-6-14-5-7-16(22-3)17(13-14)23-4/h5,7,13,15,20H,6,8-12H2,1-4H3. The average Bonchev–Trinajstić information content (AvgIpc) is 2.60. The normalized spacial score (nSPS) is 15.8. The lowest BCUT2D eigenvalue weighted by atomic mass is 9.83. The largest absolute Gasteiger partial charge is 0.493 e. The molecule has 0 saturated carbocycles. The first kappa shape index (κ1) is 18.6. The monoisotopic (exact) mass is 335 g/mol. The van der Waals surface area contributed by atoms with Crippen LogP contribution in [0, 0.1) is 5.92 Å². The lowest BCUT2D eigenvalue weighted by Gasteiger charge is -2.36. The summed E-state index contributed by atoms with van der Waals surface area (Å²) in [4.78, 5) is 12.3.